The van der Waals surface area contributed by atoms with Gasteiger partial charge >= 0.3 is 11.9 Å². The van der Waals surface area contributed by atoms with Crippen molar-refractivity contribution >= 4 is 11.9 Å². The van der Waals surface area contributed by atoms with Crippen LogP contribution in [0.25, 0.3) is 0 Å². The van der Waals surface area contributed by atoms with Gasteiger partial charge in [0, 0.05) is 0 Å². The molecule has 4 nitrogen and oxygen atoms in total. The summed E-state index contributed by atoms with van der Waals surface area (Å²) in [6.45, 7) is 0. The van der Waals surface area contributed by atoms with Crippen LogP contribution in [-0.2, 0) is 19.1 Å². The first-order chi connectivity index (χ1) is 10.1. The summed E-state index contributed by atoms with van der Waals surface area (Å²) in [5.41, 5.74) is 0.848. The number of carbonyl (C=O) groups excluding carboxylic acids is 2. The van der Waals surface area contributed by atoms with E-state index in [-0.39, 0.29) is 35.5 Å². The van der Waals surface area contributed by atoms with E-state index in [9.17, 15) is 14.0 Å². The molecule has 0 heterocycles. The molecule has 0 bridgehead atoms. The average molecular weight is 294 g/mol. The molecule has 0 radical (unpaired) electrons. The normalized spacial score (nSPS) is 25.2. The van der Waals surface area contributed by atoms with Gasteiger partial charge in [0.25, 0.3) is 0 Å². The molecule has 3 atom stereocenters. The van der Waals surface area contributed by atoms with Crippen molar-refractivity contribution in [3.05, 3.63) is 35.6 Å². The number of benzene rings is 1. The fraction of sp³-hybridized carbons (Fsp3) is 0.500. The highest BCUT2D eigenvalue weighted by atomic mass is 19.1. The van der Waals surface area contributed by atoms with E-state index in [0.29, 0.717) is 19.3 Å². The van der Waals surface area contributed by atoms with Crippen molar-refractivity contribution in [2.45, 2.75) is 25.2 Å². The molecular weight excluding hydrogens is 275 g/mol. The summed E-state index contributed by atoms with van der Waals surface area (Å²) in [7, 11) is 2.72. The Balaban J connectivity index is 2.26. The van der Waals surface area contributed by atoms with Crippen LogP contribution in [-0.4, -0.2) is 26.2 Å². The number of rotatable bonds is 3. The van der Waals surface area contributed by atoms with Crippen LogP contribution in [0.1, 0.15) is 30.7 Å². The van der Waals surface area contributed by atoms with Gasteiger partial charge in [-0.3, -0.25) is 9.59 Å². The first kappa shape index (κ1) is 15.5. The Morgan fingerprint density at radius 2 is 1.67 bits per heavy atom. The maximum Gasteiger partial charge on any atom is 0.309 e. The van der Waals surface area contributed by atoms with E-state index in [1.165, 1.54) is 26.4 Å². The third-order valence-corrected chi connectivity index (χ3v) is 4.19. The second-order valence-electron chi connectivity index (χ2n) is 5.32. The Morgan fingerprint density at radius 1 is 1.05 bits per heavy atom. The van der Waals surface area contributed by atoms with E-state index in [2.05, 4.69) is 0 Å². The molecule has 0 amide bonds. The second kappa shape index (κ2) is 6.70. The third-order valence-electron chi connectivity index (χ3n) is 4.19. The van der Waals surface area contributed by atoms with Crippen LogP contribution in [0.4, 0.5) is 4.39 Å². The van der Waals surface area contributed by atoms with Gasteiger partial charge in [-0.05, 0) is 42.9 Å². The molecular formula is C16H19FO4. The fourth-order valence-electron chi connectivity index (χ4n) is 3.06. The minimum absolute atomic E-state index is 0.157. The minimum Gasteiger partial charge on any atom is -0.469 e. The van der Waals surface area contributed by atoms with Gasteiger partial charge in [-0.1, -0.05) is 12.1 Å². The monoisotopic (exact) mass is 294 g/mol. The summed E-state index contributed by atoms with van der Waals surface area (Å²) in [6.07, 6.45) is 1.68. The van der Waals surface area contributed by atoms with Gasteiger partial charge in [0.2, 0.25) is 0 Å². The van der Waals surface area contributed by atoms with E-state index in [0.717, 1.165) is 5.56 Å². The lowest BCUT2D eigenvalue weighted by Crippen LogP contribution is -2.33. The molecule has 114 valence electrons. The molecule has 0 aromatic heterocycles. The molecule has 1 aliphatic rings. The fourth-order valence-corrected chi connectivity index (χ4v) is 3.06. The van der Waals surface area contributed by atoms with Gasteiger partial charge < -0.3 is 9.47 Å². The second-order valence-corrected chi connectivity index (χ2v) is 5.32. The predicted molar refractivity (Wildman–Crippen MR) is 74.0 cm³/mol. The van der Waals surface area contributed by atoms with E-state index in [1.54, 1.807) is 12.1 Å². The molecule has 1 aromatic carbocycles. The summed E-state index contributed by atoms with van der Waals surface area (Å²) >= 11 is 0. The van der Waals surface area contributed by atoms with Gasteiger partial charge in [0.1, 0.15) is 5.82 Å². The van der Waals surface area contributed by atoms with Gasteiger partial charge in [-0.2, -0.15) is 0 Å². The molecule has 21 heavy (non-hydrogen) atoms. The lowest BCUT2D eigenvalue weighted by Gasteiger charge is -2.33. The zero-order valence-corrected chi connectivity index (χ0v) is 12.2. The highest BCUT2D eigenvalue weighted by Crippen LogP contribution is 2.41. The molecule has 0 spiro atoms. The summed E-state index contributed by atoms with van der Waals surface area (Å²) < 4.78 is 22.7. The van der Waals surface area contributed by atoms with Crippen LogP contribution >= 0.6 is 0 Å². The lowest BCUT2D eigenvalue weighted by atomic mass is 9.71. The molecule has 1 aromatic rings. The largest absolute Gasteiger partial charge is 0.469 e. The zero-order valence-electron chi connectivity index (χ0n) is 12.2. The Labute approximate surface area is 123 Å². The summed E-state index contributed by atoms with van der Waals surface area (Å²) in [5.74, 6) is -1.56. The number of esters is 2. The Bertz CT molecular complexity index is 512. The van der Waals surface area contributed by atoms with Crippen LogP contribution < -0.4 is 0 Å². The quantitative estimate of drug-likeness (QED) is 0.804. The molecule has 1 aliphatic carbocycles. The van der Waals surface area contributed by atoms with Crippen LogP contribution in [0.3, 0.4) is 0 Å². The maximum atomic E-state index is 13.1. The highest BCUT2D eigenvalue weighted by molar-refractivity contribution is 5.76. The van der Waals surface area contributed by atoms with Crippen molar-refractivity contribution in [3.63, 3.8) is 0 Å². The molecule has 1 saturated carbocycles. The van der Waals surface area contributed by atoms with E-state index >= 15 is 0 Å². The van der Waals surface area contributed by atoms with Crippen molar-refractivity contribution in [2.75, 3.05) is 14.2 Å². The zero-order chi connectivity index (χ0) is 15.4. The SMILES string of the molecule is COC(=O)[C@@H]1CC[C@H](C(=O)OC)[C@@H](c2ccc(F)cc2)C1. The van der Waals surface area contributed by atoms with Gasteiger partial charge in [0.15, 0.2) is 0 Å². The first-order valence-electron chi connectivity index (χ1n) is 6.98. The Kier molecular flexibility index (Phi) is 4.94. The Morgan fingerprint density at radius 3 is 2.24 bits per heavy atom. The van der Waals surface area contributed by atoms with Crippen molar-refractivity contribution in [1.29, 1.82) is 0 Å². The average Bonchev–Trinajstić information content (AvgIpc) is 2.53. The lowest BCUT2D eigenvalue weighted by molar-refractivity contribution is -0.152. The minimum atomic E-state index is -0.325. The van der Waals surface area contributed by atoms with E-state index < -0.39 is 0 Å². The predicted octanol–water partition coefficient (Wildman–Crippen LogP) is 2.67. The van der Waals surface area contributed by atoms with Gasteiger partial charge in [0.05, 0.1) is 26.1 Å². The van der Waals surface area contributed by atoms with E-state index in [1.807, 2.05) is 0 Å². The Hall–Kier alpha value is -1.91. The number of halogens is 1. The molecule has 0 unspecified atom stereocenters. The molecule has 1 fully saturated rings. The molecule has 5 heteroatoms. The van der Waals surface area contributed by atoms with Crippen LogP contribution in [0.5, 0.6) is 0 Å². The van der Waals surface area contributed by atoms with Crippen molar-refractivity contribution in [2.24, 2.45) is 11.8 Å². The molecule has 0 aliphatic heterocycles. The molecule has 0 N–H and O–H groups in total. The van der Waals surface area contributed by atoms with E-state index in [4.69, 9.17) is 9.47 Å². The highest BCUT2D eigenvalue weighted by Gasteiger charge is 2.39. The molecule has 2 rings (SSSR count). The summed E-state index contributed by atoms with van der Waals surface area (Å²) in [4.78, 5) is 23.7. The van der Waals surface area contributed by atoms with Crippen molar-refractivity contribution < 1.29 is 23.5 Å². The first-order valence-corrected chi connectivity index (χ1v) is 6.98. The van der Waals surface area contributed by atoms with Crippen molar-refractivity contribution in [3.8, 4) is 0 Å². The summed E-state index contributed by atoms with van der Waals surface area (Å²) in [5, 5.41) is 0. The van der Waals surface area contributed by atoms with Crippen molar-refractivity contribution in [1.82, 2.24) is 0 Å². The molecule has 0 saturated heterocycles. The van der Waals surface area contributed by atoms with Gasteiger partial charge in [-0.25, -0.2) is 4.39 Å². The van der Waals surface area contributed by atoms with Crippen LogP contribution in [0.2, 0.25) is 0 Å². The number of ether oxygens (including phenoxy) is 2. The topological polar surface area (TPSA) is 52.6 Å². The third kappa shape index (κ3) is 3.40. The van der Waals surface area contributed by atoms with Crippen LogP contribution in [0, 0.1) is 17.7 Å². The smallest absolute Gasteiger partial charge is 0.309 e. The summed E-state index contributed by atoms with van der Waals surface area (Å²) in [6, 6.07) is 6.06. The number of hydrogen-bond acceptors (Lipinski definition) is 4. The standard InChI is InChI=1S/C16H19FO4/c1-20-15(18)11-5-8-13(16(19)21-2)14(9-11)10-3-6-12(17)7-4-10/h3-4,6-7,11,13-14H,5,8-9H2,1-2H3/t11-,13+,14-/m1/s1. The van der Waals surface area contributed by atoms with Gasteiger partial charge in [-0.15, -0.1) is 0 Å². The number of hydrogen-bond donors (Lipinski definition) is 0. The number of methoxy groups -OCH3 is 2. The number of carbonyl (C=O) groups is 2. The van der Waals surface area contributed by atoms with Crippen LogP contribution in [0.15, 0.2) is 24.3 Å². The maximum absolute atomic E-state index is 13.1.